The number of rotatable bonds is 8. The van der Waals surface area contributed by atoms with Gasteiger partial charge in [-0.2, -0.15) is 0 Å². The molecule has 3 N–H and O–H groups in total. The fraction of sp³-hybridized carbons (Fsp3) is 0.611. The van der Waals surface area contributed by atoms with Crippen LogP contribution in [0.3, 0.4) is 0 Å². The fourth-order valence-corrected chi connectivity index (χ4v) is 2.79. The standard InChI is InChI=1S/C18H28N2O3/c1-18(22,15-8-3-2-4-9-15)14-20-17(21)19-12-7-13-23-16-10-5-6-11-16/h2-4,8-9,16,22H,5-7,10-14H2,1H3,(H2,19,20,21). The minimum absolute atomic E-state index is 0.168. The second-order valence-corrected chi connectivity index (χ2v) is 6.38. The summed E-state index contributed by atoms with van der Waals surface area (Å²) in [6.07, 6.45) is 6.10. The van der Waals surface area contributed by atoms with Gasteiger partial charge in [0.1, 0.15) is 5.60 Å². The Balaban J connectivity index is 1.57. The van der Waals surface area contributed by atoms with Crippen LogP contribution in [0.2, 0.25) is 0 Å². The van der Waals surface area contributed by atoms with Crippen LogP contribution in [0.15, 0.2) is 30.3 Å². The summed E-state index contributed by atoms with van der Waals surface area (Å²) in [7, 11) is 0. The van der Waals surface area contributed by atoms with Crippen LogP contribution in [0, 0.1) is 0 Å². The van der Waals surface area contributed by atoms with Crippen LogP contribution < -0.4 is 10.6 Å². The first kappa shape index (κ1) is 17.8. The number of carbonyl (C=O) groups is 1. The first-order valence-electron chi connectivity index (χ1n) is 8.49. The van der Waals surface area contributed by atoms with Crippen LogP contribution in [-0.4, -0.2) is 36.9 Å². The van der Waals surface area contributed by atoms with Gasteiger partial charge in [-0.3, -0.25) is 0 Å². The first-order chi connectivity index (χ1) is 11.1. The molecule has 1 unspecified atom stereocenters. The van der Waals surface area contributed by atoms with E-state index in [2.05, 4.69) is 10.6 Å². The van der Waals surface area contributed by atoms with E-state index in [0.29, 0.717) is 19.3 Å². The topological polar surface area (TPSA) is 70.6 Å². The van der Waals surface area contributed by atoms with Gasteiger partial charge in [-0.1, -0.05) is 43.2 Å². The summed E-state index contributed by atoms with van der Waals surface area (Å²) in [6, 6.07) is 9.07. The third-order valence-corrected chi connectivity index (χ3v) is 4.25. The number of urea groups is 1. The maximum Gasteiger partial charge on any atom is 0.314 e. The van der Waals surface area contributed by atoms with Crippen LogP contribution in [0.5, 0.6) is 0 Å². The highest BCUT2D eigenvalue weighted by Gasteiger charge is 2.23. The molecule has 0 spiro atoms. The molecule has 0 aliphatic heterocycles. The number of ether oxygens (including phenoxy) is 1. The van der Waals surface area contributed by atoms with Gasteiger partial charge in [-0.25, -0.2) is 4.79 Å². The second kappa shape index (κ2) is 8.89. The molecule has 1 aromatic carbocycles. The highest BCUT2D eigenvalue weighted by Crippen LogP contribution is 2.21. The maximum atomic E-state index is 11.8. The van der Waals surface area contributed by atoms with Crippen LogP contribution in [0.4, 0.5) is 4.79 Å². The Bertz CT molecular complexity index is 470. The summed E-state index contributed by atoms with van der Waals surface area (Å²) in [5, 5.41) is 15.9. The zero-order valence-corrected chi connectivity index (χ0v) is 13.9. The average molecular weight is 320 g/mol. The third kappa shape index (κ3) is 6.20. The molecule has 23 heavy (non-hydrogen) atoms. The monoisotopic (exact) mass is 320 g/mol. The largest absolute Gasteiger partial charge is 0.384 e. The van der Waals surface area contributed by atoms with E-state index >= 15 is 0 Å². The van der Waals surface area contributed by atoms with Crippen molar-refractivity contribution in [3.8, 4) is 0 Å². The molecule has 0 bridgehead atoms. The van der Waals surface area contributed by atoms with Crippen molar-refractivity contribution in [2.45, 2.75) is 50.7 Å². The van der Waals surface area contributed by atoms with Crippen molar-refractivity contribution in [3.05, 3.63) is 35.9 Å². The predicted octanol–water partition coefficient (Wildman–Crippen LogP) is 2.54. The Hall–Kier alpha value is -1.59. The molecule has 2 rings (SSSR count). The molecule has 1 atom stereocenters. The van der Waals surface area contributed by atoms with E-state index in [0.717, 1.165) is 12.0 Å². The summed E-state index contributed by atoms with van der Waals surface area (Å²) >= 11 is 0. The van der Waals surface area contributed by atoms with Crippen LogP contribution in [-0.2, 0) is 10.3 Å². The number of benzene rings is 1. The Morgan fingerprint density at radius 1 is 1.26 bits per heavy atom. The highest BCUT2D eigenvalue weighted by atomic mass is 16.5. The summed E-state index contributed by atoms with van der Waals surface area (Å²) in [5.74, 6) is 0. The summed E-state index contributed by atoms with van der Waals surface area (Å²) < 4.78 is 5.75. The molecule has 5 heteroatoms. The van der Waals surface area contributed by atoms with E-state index in [1.807, 2.05) is 30.3 Å². The van der Waals surface area contributed by atoms with E-state index < -0.39 is 5.60 Å². The molecular formula is C18H28N2O3. The molecule has 1 fully saturated rings. The van der Waals surface area contributed by atoms with Gasteiger partial charge in [-0.15, -0.1) is 0 Å². The van der Waals surface area contributed by atoms with Crippen molar-refractivity contribution in [2.75, 3.05) is 19.7 Å². The van der Waals surface area contributed by atoms with Gasteiger partial charge in [0, 0.05) is 13.2 Å². The van der Waals surface area contributed by atoms with Crippen molar-refractivity contribution in [1.29, 1.82) is 0 Å². The lowest BCUT2D eigenvalue weighted by Crippen LogP contribution is -2.43. The zero-order chi connectivity index (χ0) is 16.5. The minimum atomic E-state index is -1.08. The number of carbonyl (C=O) groups excluding carboxylic acids is 1. The number of amides is 2. The van der Waals surface area contributed by atoms with E-state index in [4.69, 9.17) is 4.74 Å². The van der Waals surface area contributed by atoms with Gasteiger partial charge in [0.25, 0.3) is 0 Å². The van der Waals surface area contributed by atoms with Gasteiger partial charge >= 0.3 is 6.03 Å². The quantitative estimate of drug-likeness (QED) is 0.645. The van der Waals surface area contributed by atoms with Crippen LogP contribution in [0.1, 0.15) is 44.6 Å². The molecule has 128 valence electrons. The molecule has 1 saturated carbocycles. The smallest absolute Gasteiger partial charge is 0.314 e. The summed E-state index contributed by atoms with van der Waals surface area (Å²) in [4.78, 5) is 11.8. The van der Waals surface area contributed by atoms with Crippen molar-refractivity contribution in [3.63, 3.8) is 0 Å². The molecule has 2 amide bonds. The van der Waals surface area contributed by atoms with E-state index in [1.165, 1.54) is 25.7 Å². The molecular weight excluding hydrogens is 292 g/mol. The zero-order valence-electron chi connectivity index (χ0n) is 13.9. The van der Waals surface area contributed by atoms with Crippen LogP contribution >= 0.6 is 0 Å². The number of nitrogens with one attached hydrogen (secondary N) is 2. The van der Waals surface area contributed by atoms with Crippen molar-refractivity contribution < 1.29 is 14.6 Å². The lowest BCUT2D eigenvalue weighted by molar-refractivity contribution is 0.0559. The van der Waals surface area contributed by atoms with E-state index in [1.54, 1.807) is 6.92 Å². The Labute approximate surface area is 138 Å². The molecule has 0 heterocycles. The van der Waals surface area contributed by atoms with Gasteiger partial charge in [0.15, 0.2) is 0 Å². The van der Waals surface area contributed by atoms with E-state index in [9.17, 15) is 9.90 Å². The highest BCUT2D eigenvalue weighted by molar-refractivity contribution is 5.73. The molecule has 5 nitrogen and oxygen atoms in total. The fourth-order valence-electron chi connectivity index (χ4n) is 2.79. The minimum Gasteiger partial charge on any atom is -0.384 e. The SMILES string of the molecule is CC(O)(CNC(=O)NCCCOC1CCCC1)c1ccccc1. The Kier molecular flexibility index (Phi) is 6.86. The predicted molar refractivity (Wildman–Crippen MR) is 90.2 cm³/mol. The normalized spacial score (nSPS) is 17.7. The second-order valence-electron chi connectivity index (χ2n) is 6.38. The summed E-state index contributed by atoms with van der Waals surface area (Å²) in [5.41, 5.74) is -0.297. The lowest BCUT2D eigenvalue weighted by atomic mass is 9.96. The van der Waals surface area contributed by atoms with Crippen molar-refractivity contribution in [1.82, 2.24) is 10.6 Å². The van der Waals surface area contributed by atoms with Gasteiger partial charge in [-0.05, 0) is 31.7 Å². The first-order valence-corrected chi connectivity index (χ1v) is 8.49. The molecule has 0 aromatic heterocycles. The van der Waals surface area contributed by atoms with Gasteiger partial charge in [0.05, 0.1) is 12.6 Å². The van der Waals surface area contributed by atoms with E-state index in [-0.39, 0.29) is 12.6 Å². The Morgan fingerprint density at radius 3 is 2.65 bits per heavy atom. The van der Waals surface area contributed by atoms with Gasteiger partial charge < -0.3 is 20.5 Å². The van der Waals surface area contributed by atoms with Gasteiger partial charge in [0.2, 0.25) is 0 Å². The van der Waals surface area contributed by atoms with Crippen LogP contribution in [0.25, 0.3) is 0 Å². The summed E-state index contributed by atoms with van der Waals surface area (Å²) in [6.45, 7) is 3.12. The molecule has 0 radical (unpaired) electrons. The van der Waals surface area contributed by atoms with Crippen molar-refractivity contribution in [2.24, 2.45) is 0 Å². The number of hydrogen-bond acceptors (Lipinski definition) is 3. The molecule has 1 aliphatic carbocycles. The maximum absolute atomic E-state index is 11.8. The molecule has 1 aromatic rings. The average Bonchev–Trinajstić information content (AvgIpc) is 3.07. The third-order valence-electron chi connectivity index (χ3n) is 4.25. The number of aliphatic hydroxyl groups is 1. The number of hydrogen-bond donors (Lipinski definition) is 3. The molecule has 0 saturated heterocycles. The molecule has 1 aliphatic rings. The lowest BCUT2D eigenvalue weighted by Gasteiger charge is -2.24. The van der Waals surface area contributed by atoms with Crippen molar-refractivity contribution >= 4 is 6.03 Å². The Morgan fingerprint density at radius 2 is 1.96 bits per heavy atom.